The van der Waals surface area contributed by atoms with Crippen LogP contribution < -0.4 is 5.32 Å². The second-order valence-electron chi connectivity index (χ2n) is 5.89. The van der Waals surface area contributed by atoms with Crippen molar-refractivity contribution in [2.75, 3.05) is 26.7 Å². The van der Waals surface area contributed by atoms with Gasteiger partial charge in [-0.1, -0.05) is 19.8 Å². The number of hydrogen-bond donors (Lipinski definition) is 1. The fourth-order valence-electron chi connectivity index (χ4n) is 2.76. The van der Waals surface area contributed by atoms with Gasteiger partial charge in [0, 0.05) is 19.1 Å². The van der Waals surface area contributed by atoms with Gasteiger partial charge in [-0.15, -0.1) is 0 Å². The molecule has 1 aliphatic rings. The molecule has 0 unspecified atom stereocenters. The van der Waals surface area contributed by atoms with E-state index in [0.717, 1.165) is 0 Å². The standard InChI is InChI=1S/C14H30N2/c1-5-10-15-11-14(8-6-7-9-14)12-16(4)13(2)3/h13,15H,5-12H2,1-4H3. The second-order valence-corrected chi connectivity index (χ2v) is 5.89. The van der Waals surface area contributed by atoms with E-state index < -0.39 is 0 Å². The lowest BCUT2D eigenvalue weighted by Gasteiger charge is -2.35. The minimum absolute atomic E-state index is 0.564. The van der Waals surface area contributed by atoms with Crippen molar-refractivity contribution >= 4 is 0 Å². The Morgan fingerprint density at radius 1 is 1.25 bits per heavy atom. The Labute approximate surface area is 102 Å². The molecule has 1 saturated carbocycles. The number of nitrogens with zero attached hydrogens (tertiary/aromatic N) is 1. The molecule has 0 aromatic heterocycles. The molecular formula is C14H30N2. The quantitative estimate of drug-likeness (QED) is 0.672. The normalized spacial score (nSPS) is 19.9. The van der Waals surface area contributed by atoms with Gasteiger partial charge in [-0.05, 0) is 52.1 Å². The van der Waals surface area contributed by atoms with E-state index in [2.05, 4.69) is 38.0 Å². The molecule has 1 rings (SSSR count). The van der Waals surface area contributed by atoms with Gasteiger partial charge in [-0.3, -0.25) is 0 Å². The molecule has 0 saturated heterocycles. The Morgan fingerprint density at radius 3 is 2.38 bits per heavy atom. The molecule has 0 aromatic rings. The smallest absolute Gasteiger partial charge is 0.00498 e. The third kappa shape index (κ3) is 4.06. The highest BCUT2D eigenvalue weighted by molar-refractivity contribution is 4.89. The Bertz CT molecular complexity index is 183. The summed E-state index contributed by atoms with van der Waals surface area (Å²) in [6.45, 7) is 10.5. The average Bonchev–Trinajstić information content (AvgIpc) is 2.67. The summed E-state index contributed by atoms with van der Waals surface area (Å²) in [5.41, 5.74) is 0.564. The molecule has 0 spiro atoms. The molecule has 0 aromatic carbocycles. The van der Waals surface area contributed by atoms with Gasteiger partial charge in [0.1, 0.15) is 0 Å². The molecule has 2 nitrogen and oxygen atoms in total. The summed E-state index contributed by atoms with van der Waals surface area (Å²) in [6.07, 6.45) is 6.94. The molecule has 1 N–H and O–H groups in total. The largest absolute Gasteiger partial charge is 0.316 e. The van der Waals surface area contributed by atoms with Crippen LogP contribution in [0.2, 0.25) is 0 Å². The van der Waals surface area contributed by atoms with Crippen molar-refractivity contribution in [3.63, 3.8) is 0 Å². The molecule has 1 aliphatic carbocycles. The lowest BCUT2D eigenvalue weighted by molar-refractivity contribution is 0.148. The van der Waals surface area contributed by atoms with Gasteiger partial charge >= 0.3 is 0 Å². The number of rotatable bonds is 7. The van der Waals surface area contributed by atoms with E-state index >= 15 is 0 Å². The van der Waals surface area contributed by atoms with E-state index in [9.17, 15) is 0 Å². The van der Waals surface area contributed by atoms with E-state index in [-0.39, 0.29) is 0 Å². The van der Waals surface area contributed by atoms with E-state index in [1.807, 2.05) is 0 Å². The van der Waals surface area contributed by atoms with Crippen molar-refractivity contribution in [2.24, 2.45) is 5.41 Å². The Hall–Kier alpha value is -0.0800. The van der Waals surface area contributed by atoms with Gasteiger partial charge in [0.25, 0.3) is 0 Å². The van der Waals surface area contributed by atoms with Gasteiger partial charge in [0.2, 0.25) is 0 Å². The molecule has 0 bridgehead atoms. The van der Waals surface area contributed by atoms with Crippen molar-refractivity contribution < 1.29 is 0 Å². The summed E-state index contributed by atoms with van der Waals surface area (Å²) in [6, 6.07) is 0.670. The third-order valence-corrected chi connectivity index (χ3v) is 4.06. The zero-order valence-corrected chi connectivity index (χ0v) is 11.7. The first-order chi connectivity index (χ1) is 7.59. The minimum Gasteiger partial charge on any atom is -0.316 e. The first-order valence-electron chi connectivity index (χ1n) is 7.00. The molecule has 0 radical (unpaired) electrons. The van der Waals surface area contributed by atoms with Crippen molar-refractivity contribution in [3.05, 3.63) is 0 Å². The van der Waals surface area contributed by atoms with Crippen LogP contribution in [0.5, 0.6) is 0 Å². The number of hydrogen-bond acceptors (Lipinski definition) is 2. The molecule has 0 aliphatic heterocycles. The highest BCUT2D eigenvalue weighted by Crippen LogP contribution is 2.38. The zero-order valence-electron chi connectivity index (χ0n) is 11.7. The third-order valence-electron chi connectivity index (χ3n) is 4.06. The number of nitrogens with one attached hydrogen (secondary N) is 1. The first kappa shape index (κ1) is 14.0. The molecule has 0 heterocycles. The van der Waals surface area contributed by atoms with Gasteiger partial charge in [-0.25, -0.2) is 0 Å². The van der Waals surface area contributed by atoms with E-state index in [4.69, 9.17) is 0 Å². The SMILES string of the molecule is CCCNCC1(CN(C)C(C)C)CCCC1. The average molecular weight is 226 g/mol. The lowest BCUT2D eigenvalue weighted by Crippen LogP contribution is -2.43. The summed E-state index contributed by atoms with van der Waals surface area (Å²) in [5, 5.41) is 3.64. The highest BCUT2D eigenvalue weighted by Gasteiger charge is 2.34. The predicted molar refractivity (Wildman–Crippen MR) is 71.8 cm³/mol. The monoisotopic (exact) mass is 226 g/mol. The predicted octanol–water partition coefficient (Wildman–Crippen LogP) is 2.89. The van der Waals surface area contributed by atoms with Crippen LogP contribution >= 0.6 is 0 Å². The fourth-order valence-corrected chi connectivity index (χ4v) is 2.76. The molecule has 1 fully saturated rings. The van der Waals surface area contributed by atoms with E-state index in [1.54, 1.807) is 0 Å². The van der Waals surface area contributed by atoms with Gasteiger partial charge < -0.3 is 10.2 Å². The second kappa shape index (κ2) is 6.61. The van der Waals surface area contributed by atoms with E-state index in [0.29, 0.717) is 11.5 Å². The van der Waals surface area contributed by atoms with Crippen molar-refractivity contribution in [1.29, 1.82) is 0 Å². The van der Waals surface area contributed by atoms with Crippen LogP contribution in [0.1, 0.15) is 52.9 Å². The first-order valence-corrected chi connectivity index (χ1v) is 7.00. The zero-order chi connectivity index (χ0) is 12.0. The maximum atomic E-state index is 3.64. The molecule has 2 heteroatoms. The molecule has 0 atom stereocenters. The maximum absolute atomic E-state index is 3.64. The van der Waals surface area contributed by atoms with Crippen molar-refractivity contribution in [2.45, 2.75) is 58.9 Å². The minimum atomic E-state index is 0.564. The Kier molecular flexibility index (Phi) is 5.77. The summed E-state index contributed by atoms with van der Waals surface area (Å²) in [4.78, 5) is 2.51. The fraction of sp³-hybridized carbons (Fsp3) is 1.00. The molecular weight excluding hydrogens is 196 g/mol. The van der Waals surface area contributed by atoms with E-state index in [1.165, 1.54) is 51.7 Å². The highest BCUT2D eigenvalue weighted by atomic mass is 15.1. The van der Waals surface area contributed by atoms with Crippen LogP contribution in [-0.4, -0.2) is 37.6 Å². The summed E-state index contributed by atoms with van der Waals surface area (Å²) in [7, 11) is 2.27. The van der Waals surface area contributed by atoms with Gasteiger partial charge in [-0.2, -0.15) is 0 Å². The topological polar surface area (TPSA) is 15.3 Å². The van der Waals surface area contributed by atoms with Crippen LogP contribution in [0.3, 0.4) is 0 Å². The Morgan fingerprint density at radius 2 is 1.88 bits per heavy atom. The molecule has 16 heavy (non-hydrogen) atoms. The molecule has 0 amide bonds. The van der Waals surface area contributed by atoms with Crippen LogP contribution in [0.25, 0.3) is 0 Å². The summed E-state index contributed by atoms with van der Waals surface area (Å²) >= 11 is 0. The summed E-state index contributed by atoms with van der Waals surface area (Å²) < 4.78 is 0. The van der Waals surface area contributed by atoms with Crippen LogP contribution in [0.15, 0.2) is 0 Å². The van der Waals surface area contributed by atoms with Crippen molar-refractivity contribution in [3.8, 4) is 0 Å². The van der Waals surface area contributed by atoms with Crippen LogP contribution in [-0.2, 0) is 0 Å². The van der Waals surface area contributed by atoms with Crippen molar-refractivity contribution in [1.82, 2.24) is 10.2 Å². The van der Waals surface area contributed by atoms with Gasteiger partial charge in [0.15, 0.2) is 0 Å². The molecule has 96 valence electrons. The Balaban J connectivity index is 2.44. The maximum Gasteiger partial charge on any atom is 0.00498 e. The van der Waals surface area contributed by atoms with Crippen LogP contribution in [0, 0.1) is 5.41 Å². The van der Waals surface area contributed by atoms with Gasteiger partial charge in [0.05, 0.1) is 0 Å². The summed E-state index contributed by atoms with van der Waals surface area (Å²) in [5.74, 6) is 0. The lowest BCUT2D eigenvalue weighted by atomic mass is 9.85. The van der Waals surface area contributed by atoms with Crippen LogP contribution in [0.4, 0.5) is 0 Å².